The highest BCUT2D eigenvalue weighted by atomic mass is 16.6. The van der Waals surface area contributed by atoms with Gasteiger partial charge in [-0.1, -0.05) is 0 Å². The number of amides is 2. The lowest BCUT2D eigenvalue weighted by Crippen LogP contribution is -2.43. The summed E-state index contributed by atoms with van der Waals surface area (Å²) < 4.78 is 0. The van der Waals surface area contributed by atoms with Crippen LogP contribution < -0.4 is 16.5 Å². The van der Waals surface area contributed by atoms with Gasteiger partial charge in [0.05, 0.1) is 0 Å². The van der Waals surface area contributed by atoms with Crippen LogP contribution in [-0.4, -0.2) is 31.0 Å². The standard InChI is InChI=1S/C7H15N3O3/c1-3-9-7(12)5(2)10-13-4-6(8)11/h5,10H,3-4H2,1-2H3,(H2,8,11)(H,9,12). The van der Waals surface area contributed by atoms with Gasteiger partial charge in [-0.2, -0.15) is 5.48 Å². The summed E-state index contributed by atoms with van der Waals surface area (Å²) in [6.45, 7) is 3.74. The Balaban J connectivity index is 3.55. The average Bonchev–Trinajstić information content (AvgIpc) is 2.04. The Labute approximate surface area is 76.8 Å². The van der Waals surface area contributed by atoms with Gasteiger partial charge in [-0.15, -0.1) is 0 Å². The highest BCUT2D eigenvalue weighted by Gasteiger charge is 2.10. The van der Waals surface area contributed by atoms with E-state index < -0.39 is 11.9 Å². The van der Waals surface area contributed by atoms with E-state index in [1.807, 2.05) is 6.92 Å². The number of carbonyl (C=O) groups is 2. The second-order valence-corrected chi connectivity index (χ2v) is 2.49. The van der Waals surface area contributed by atoms with Crippen LogP contribution in [0.2, 0.25) is 0 Å². The van der Waals surface area contributed by atoms with Gasteiger partial charge in [0.2, 0.25) is 11.8 Å². The van der Waals surface area contributed by atoms with Crippen LogP contribution in [0.25, 0.3) is 0 Å². The SMILES string of the molecule is CCNC(=O)C(C)NOCC(N)=O. The van der Waals surface area contributed by atoms with Gasteiger partial charge in [-0.3, -0.25) is 14.4 Å². The predicted octanol–water partition coefficient (Wildman–Crippen LogP) is -1.48. The molecule has 0 aliphatic rings. The zero-order chi connectivity index (χ0) is 10.3. The van der Waals surface area contributed by atoms with Crippen molar-refractivity contribution in [2.24, 2.45) is 5.73 Å². The quantitative estimate of drug-likeness (QED) is 0.444. The van der Waals surface area contributed by atoms with Crippen molar-refractivity contribution in [3.05, 3.63) is 0 Å². The van der Waals surface area contributed by atoms with Crippen molar-refractivity contribution in [1.29, 1.82) is 0 Å². The summed E-state index contributed by atoms with van der Waals surface area (Å²) in [5, 5.41) is 2.59. The third kappa shape index (κ3) is 6.06. The Hall–Kier alpha value is -1.14. The zero-order valence-electron chi connectivity index (χ0n) is 7.79. The van der Waals surface area contributed by atoms with Crippen molar-refractivity contribution >= 4 is 11.8 Å². The molecular weight excluding hydrogens is 174 g/mol. The van der Waals surface area contributed by atoms with Crippen LogP contribution in [0.4, 0.5) is 0 Å². The Bertz CT molecular complexity index is 184. The lowest BCUT2D eigenvalue weighted by molar-refractivity contribution is -0.132. The number of hydrogen-bond acceptors (Lipinski definition) is 4. The van der Waals surface area contributed by atoms with Crippen molar-refractivity contribution in [3.63, 3.8) is 0 Å². The zero-order valence-corrected chi connectivity index (χ0v) is 7.79. The second kappa shape index (κ2) is 6.38. The highest BCUT2D eigenvalue weighted by Crippen LogP contribution is 1.81. The van der Waals surface area contributed by atoms with Gasteiger partial charge in [0.1, 0.15) is 12.6 Å². The summed E-state index contributed by atoms with van der Waals surface area (Å²) in [5.41, 5.74) is 7.19. The number of primary amides is 1. The maximum atomic E-state index is 11.0. The van der Waals surface area contributed by atoms with E-state index in [0.29, 0.717) is 6.54 Å². The van der Waals surface area contributed by atoms with Crippen molar-refractivity contribution in [2.45, 2.75) is 19.9 Å². The Morgan fingerprint density at radius 3 is 2.62 bits per heavy atom. The smallest absolute Gasteiger partial charge is 0.245 e. The van der Waals surface area contributed by atoms with E-state index in [4.69, 9.17) is 5.73 Å². The third-order valence-electron chi connectivity index (χ3n) is 1.22. The van der Waals surface area contributed by atoms with Crippen LogP contribution in [0, 0.1) is 0 Å². The summed E-state index contributed by atoms with van der Waals surface area (Å²) in [7, 11) is 0. The molecule has 0 rings (SSSR count). The first kappa shape index (κ1) is 11.9. The number of likely N-dealkylation sites (N-methyl/N-ethyl adjacent to an activating group) is 1. The van der Waals surface area contributed by atoms with Crippen molar-refractivity contribution in [3.8, 4) is 0 Å². The first-order valence-corrected chi connectivity index (χ1v) is 4.01. The fraction of sp³-hybridized carbons (Fsp3) is 0.714. The Morgan fingerprint density at radius 1 is 1.54 bits per heavy atom. The largest absolute Gasteiger partial charge is 0.368 e. The highest BCUT2D eigenvalue weighted by molar-refractivity contribution is 5.81. The van der Waals surface area contributed by atoms with Crippen LogP contribution >= 0.6 is 0 Å². The molecule has 0 bridgehead atoms. The molecule has 6 heteroatoms. The molecule has 76 valence electrons. The fourth-order valence-electron chi connectivity index (χ4n) is 0.619. The molecule has 0 radical (unpaired) electrons. The van der Waals surface area contributed by atoms with Crippen LogP contribution in [0.1, 0.15) is 13.8 Å². The molecule has 2 amide bonds. The topological polar surface area (TPSA) is 93.4 Å². The first-order valence-electron chi connectivity index (χ1n) is 4.01. The molecule has 1 atom stereocenters. The summed E-state index contributed by atoms with van der Waals surface area (Å²) >= 11 is 0. The van der Waals surface area contributed by atoms with Crippen LogP contribution in [0.3, 0.4) is 0 Å². The van der Waals surface area contributed by atoms with E-state index in [1.54, 1.807) is 6.92 Å². The van der Waals surface area contributed by atoms with Crippen molar-refractivity contribution in [2.75, 3.05) is 13.2 Å². The minimum Gasteiger partial charge on any atom is -0.368 e. The molecule has 0 fully saturated rings. The molecule has 0 aromatic heterocycles. The first-order chi connectivity index (χ1) is 6.07. The van der Waals surface area contributed by atoms with Crippen LogP contribution in [0.15, 0.2) is 0 Å². The maximum absolute atomic E-state index is 11.0. The molecule has 6 nitrogen and oxygen atoms in total. The summed E-state index contributed by atoms with van der Waals surface area (Å²) in [5.74, 6) is -0.775. The number of carbonyl (C=O) groups excluding carboxylic acids is 2. The molecule has 13 heavy (non-hydrogen) atoms. The number of nitrogens with one attached hydrogen (secondary N) is 2. The lowest BCUT2D eigenvalue weighted by atomic mass is 10.3. The molecule has 4 N–H and O–H groups in total. The number of hydrogen-bond donors (Lipinski definition) is 3. The molecule has 0 aliphatic heterocycles. The van der Waals surface area contributed by atoms with Crippen LogP contribution in [-0.2, 0) is 14.4 Å². The fourth-order valence-corrected chi connectivity index (χ4v) is 0.619. The normalized spacial score (nSPS) is 12.2. The predicted molar refractivity (Wildman–Crippen MR) is 46.4 cm³/mol. The summed E-state index contributed by atoms with van der Waals surface area (Å²) in [6, 6.07) is -0.501. The van der Waals surface area contributed by atoms with E-state index in [1.165, 1.54) is 0 Å². The average molecular weight is 189 g/mol. The van der Waals surface area contributed by atoms with E-state index >= 15 is 0 Å². The van der Waals surface area contributed by atoms with Gasteiger partial charge in [0.15, 0.2) is 0 Å². The van der Waals surface area contributed by atoms with E-state index in [9.17, 15) is 9.59 Å². The van der Waals surface area contributed by atoms with E-state index in [2.05, 4.69) is 15.6 Å². The van der Waals surface area contributed by atoms with Gasteiger partial charge in [0, 0.05) is 6.54 Å². The molecule has 0 heterocycles. The molecule has 0 spiro atoms. The molecule has 1 unspecified atom stereocenters. The molecule has 0 saturated heterocycles. The van der Waals surface area contributed by atoms with Crippen molar-refractivity contribution in [1.82, 2.24) is 10.8 Å². The van der Waals surface area contributed by atoms with Gasteiger partial charge in [-0.25, -0.2) is 0 Å². The lowest BCUT2D eigenvalue weighted by Gasteiger charge is -2.11. The summed E-state index contributed by atoms with van der Waals surface area (Å²) in [6.07, 6.45) is 0. The van der Waals surface area contributed by atoms with Gasteiger partial charge < -0.3 is 11.1 Å². The number of nitrogens with two attached hydrogens (primary N) is 1. The van der Waals surface area contributed by atoms with Crippen LogP contribution in [0.5, 0.6) is 0 Å². The van der Waals surface area contributed by atoms with Gasteiger partial charge >= 0.3 is 0 Å². The molecule has 0 saturated carbocycles. The molecular formula is C7H15N3O3. The second-order valence-electron chi connectivity index (χ2n) is 2.49. The third-order valence-corrected chi connectivity index (χ3v) is 1.22. The van der Waals surface area contributed by atoms with Gasteiger partial charge in [-0.05, 0) is 13.8 Å². The molecule has 0 aromatic carbocycles. The monoisotopic (exact) mass is 189 g/mol. The van der Waals surface area contributed by atoms with E-state index in [-0.39, 0.29) is 12.5 Å². The van der Waals surface area contributed by atoms with E-state index in [0.717, 1.165) is 0 Å². The minimum absolute atomic E-state index is 0.188. The Morgan fingerprint density at radius 2 is 2.15 bits per heavy atom. The Kier molecular flexibility index (Phi) is 5.82. The summed E-state index contributed by atoms with van der Waals surface area (Å²) in [4.78, 5) is 25.9. The number of hydroxylamine groups is 1. The molecule has 0 aromatic rings. The maximum Gasteiger partial charge on any atom is 0.245 e. The minimum atomic E-state index is -0.587. The van der Waals surface area contributed by atoms with Gasteiger partial charge in [0.25, 0.3) is 0 Å². The molecule has 0 aliphatic carbocycles. The van der Waals surface area contributed by atoms with Crippen molar-refractivity contribution < 1.29 is 14.4 Å². The number of rotatable bonds is 6.